The van der Waals surface area contributed by atoms with Crippen LogP contribution in [0.25, 0.3) is 33.4 Å². The molecule has 0 fully saturated rings. The van der Waals surface area contributed by atoms with Gasteiger partial charge in [0.1, 0.15) is 69.2 Å². The summed E-state index contributed by atoms with van der Waals surface area (Å²) in [5.74, 6) is 2.06. The quantitative estimate of drug-likeness (QED) is 0.0848. The fourth-order valence-corrected chi connectivity index (χ4v) is 13.6. The highest BCUT2D eigenvalue weighted by Gasteiger charge is 2.36. The number of rotatable bonds is 8. The van der Waals surface area contributed by atoms with Gasteiger partial charge in [-0.15, -0.1) is 11.6 Å². The Balaban J connectivity index is 0.000000191. The molecule has 3 aliphatic rings. The third kappa shape index (κ3) is 21.1. The fourth-order valence-electron chi connectivity index (χ4n) is 8.93. The van der Waals surface area contributed by atoms with Crippen LogP contribution in [0.15, 0.2) is 179 Å². The van der Waals surface area contributed by atoms with Crippen molar-refractivity contribution < 1.29 is 79.0 Å². The Morgan fingerprint density at radius 3 is 1.00 bits per heavy atom. The van der Waals surface area contributed by atoms with E-state index in [2.05, 4.69) is 79.8 Å². The number of hydrogen-bond donors (Lipinski definition) is 1. The first-order valence-corrected chi connectivity index (χ1v) is 38.3. The molecule has 9 aromatic rings. The average molecular weight is 1730 g/mol. The normalized spacial score (nSPS) is 15.3. The largest absolute Gasteiger partial charge is 0.491 e. The SMILES string of the molecule is CI.CI.ClCc1ncc(Cl)cn1.O=S1(=O)NCCOc2ccc(-c3ccc(C(F)(F)F)cc3)cc21.O=S1(=O)c2cc(-c3ccc(C(F)(F)F)cc3)ccc2OCCN1Cc1ncc(Cl)cn1.O=S1(=O)c2cc(-c3ccc(C(F)(F)F)cc3)ccc2OCCN1Cc1ncc(Cl)cn1. The Kier molecular flexibility index (Phi) is 28.1. The lowest BCUT2D eigenvalue weighted by molar-refractivity contribution is -0.138. The van der Waals surface area contributed by atoms with E-state index in [1.54, 1.807) is 18.2 Å². The molecule has 12 rings (SSSR count). The third-order valence-corrected chi connectivity index (χ3v) is 19.7. The molecular weight excluding hydrogens is 1680 g/mol. The minimum Gasteiger partial charge on any atom is -0.491 e. The van der Waals surface area contributed by atoms with Crippen LogP contribution in [0.2, 0.25) is 15.1 Å². The van der Waals surface area contributed by atoms with Crippen molar-refractivity contribution in [1.82, 2.24) is 43.2 Å². The molecule has 0 bridgehead atoms. The van der Waals surface area contributed by atoms with Crippen molar-refractivity contribution in [3.05, 3.63) is 214 Å². The Morgan fingerprint density at radius 2 is 0.694 bits per heavy atom. The second kappa shape index (κ2) is 34.8. The molecule has 6 aromatic carbocycles. The zero-order valence-corrected chi connectivity index (χ0v) is 60.4. The maximum absolute atomic E-state index is 13.3. The molecule has 3 aromatic heterocycles. The summed E-state index contributed by atoms with van der Waals surface area (Å²) in [5, 5.41) is 1.19. The Hall–Kier alpha value is -6.32. The van der Waals surface area contributed by atoms with Crippen LogP contribution in [0.1, 0.15) is 34.2 Å². The molecule has 18 nitrogen and oxygen atoms in total. The Labute approximate surface area is 604 Å². The molecule has 6 heterocycles. The molecule has 0 saturated carbocycles. The first-order valence-electron chi connectivity index (χ1n) is 27.9. The summed E-state index contributed by atoms with van der Waals surface area (Å²) in [6.07, 6.45) is -4.76. The molecule has 98 heavy (non-hydrogen) atoms. The van der Waals surface area contributed by atoms with Gasteiger partial charge in [-0.3, -0.25) is 0 Å². The first kappa shape index (κ1) is 79.0. The van der Waals surface area contributed by atoms with Gasteiger partial charge in [0.15, 0.2) is 0 Å². The van der Waals surface area contributed by atoms with Gasteiger partial charge in [0.05, 0.1) is 50.7 Å². The summed E-state index contributed by atoms with van der Waals surface area (Å²) in [7, 11) is -11.6. The minimum atomic E-state index is -4.45. The number of fused-ring (bicyclic) bond motifs is 3. The highest BCUT2D eigenvalue weighted by Crippen LogP contribution is 2.39. The lowest BCUT2D eigenvalue weighted by Crippen LogP contribution is -2.32. The second-order valence-corrected chi connectivity index (χ2v) is 27.0. The Bertz CT molecular complexity index is 4310. The fraction of sp³-hybridized carbons (Fsp3) is 0.226. The summed E-state index contributed by atoms with van der Waals surface area (Å²) in [6, 6.07) is 27.1. The maximum atomic E-state index is 13.3. The lowest BCUT2D eigenvalue weighted by atomic mass is 10.0. The highest BCUT2D eigenvalue weighted by molar-refractivity contribution is 14.1. The van der Waals surface area contributed by atoms with Gasteiger partial charge in [-0.05, 0) is 116 Å². The molecule has 36 heteroatoms. The molecule has 0 saturated heterocycles. The van der Waals surface area contributed by atoms with Gasteiger partial charge >= 0.3 is 18.5 Å². The van der Waals surface area contributed by atoms with E-state index in [1.165, 1.54) is 119 Å². The zero-order chi connectivity index (χ0) is 71.8. The van der Waals surface area contributed by atoms with Gasteiger partial charge in [0.25, 0.3) is 0 Å². The monoisotopic (exact) mass is 1730 g/mol. The number of nitrogens with one attached hydrogen (secondary N) is 1. The van der Waals surface area contributed by atoms with Crippen LogP contribution in [0.5, 0.6) is 17.2 Å². The summed E-state index contributed by atoms with van der Waals surface area (Å²) < 4.78 is 213. The first-order chi connectivity index (χ1) is 46.4. The van der Waals surface area contributed by atoms with Crippen LogP contribution in [0.3, 0.4) is 0 Å². The Morgan fingerprint density at radius 1 is 0.418 bits per heavy atom. The van der Waals surface area contributed by atoms with Crippen LogP contribution in [0, 0.1) is 0 Å². The van der Waals surface area contributed by atoms with Crippen molar-refractivity contribution in [3.63, 3.8) is 0 Å². The molecule has 0 amide bonds. The molecule has 1 N–H and O–H groups in total. The smallest absolute Gasteiger partial charge is 0.416 e. The average Bonchev–Trinajstić information content (AvgIpc) is 1.47. The van der Waals surface area contributed by atoms with E-state index < -0.39 is 65.3 Å². The maximum Gasteiger partial charge on any atom is 0.416 e. The van der Waals surface area contributed by atoms with E-state index in [0.29, 0.717) is 60.2 Å². The van der Waals surface area contributed by atoms with Gasteiger partial charge in [-0.1, -0.05) is 135 Å². The van der Waals surface area contributed by atoms with E-state index in [1.807, 2.05) is 9.86 Å². The molecule has 0 radical (unpaired) electrons. The summed E-state index contributed by atoms with van der Waals surface area (Å²) in [5.41, 5.74) is 0.452. The zero-order valence-electron chi connectivity index (χ0n) is 50.6. The highest BCUT2D eigenvalue weighted by atomic mass is 127. The molecule has 0 aliphatic carbocycles. The number of halogens is 15. The van der Waals surface area contributed by atoms with E-state index in [-0.39, 0.29) is 96.1 Å². The van der Waals surface area contributed by atoms with Gasteiger partial charge < -0.3 is 14.2 Å². The summed E-state index contributed by atoms with van der Waals surface area (Å²) in [4.78, 5) is 27.6. The van der Waals surface area contributed by atoms with Gasteiger partial charge in [-0.25, -0.2) is 59.9 Å². The van der Waals surface area contributed by atoms with Gasteiger partial charge in [0.2, 0.25) is 30.1 Å². The van der Waals surface area contributed by atoms with Crippen molar-refractivity contribution in [1.29, 1.82) is 0 Å². The van der Waals surface area contributed by atoms with Crippen molar-refractivity contribution in [2.45, 2.75) is 52.2 Å². The molecule has 0 unspecified atom stereocenters. The number of ether oxygens (including phenoxy) is 3. The van der Waals surface area contributed by atoms with Gasteiger partial charge in [0, 0.05) is 56.8 Å². The number of sulfonamides is 3. The van der Waals surface area contributed by atoms with E-state index in [4.69, 9.17) is 60.6 Å². The van der Waals surface area contributed by atoms with E-state index in [9.17, 15) is 64.8 Å². The number of hydrogen-bond acceptors (Lipinski definition) is 15. The topological polar surface area (TPSA) is 226 Å². The van der Waals surface area contributed by atoms with E-state index in [0.717, 1.165) is 36.4 Å². The van der Waals surface area contributed by atoms with Crippen molar-refractivity contribution in [2.24, 2.45) is 0 Å². The van der Waals surface area contributed by atoms with E-state index >= 15 is 0 Å². The third-order valence-electron chi connectivity index (χ3n) is 13.6. The van der Waals surface area contributed by atoms with Crippen molar-refractivity contribution in [2.75, 3.05) is 49.3 Å². The molecule has 0 atom stereocenters. The summed E-state index contributed by atoms with van der Waals surface area (Å²) >= 11 is 26.8. The minimum absolute atomic E-state index is 0.0209. The standard InChI is InChI=1S/2C20H15ClF3N3O3S.C15H12F3NO3S.C5H4Cl2N2.2CH3I/c2*21-16-10-25-19(26-11-16)12-27-7-8-30-17-6-3-14(9-18(17)31(27,28)29)13-1-4-15(5-2-13)20(22,23)24;16-15(17,18)12-4-1-10(2-5-12)11-3-6-13-14(9-11)23(20,21)19-7-8-22-13;6-1-5-8-2-4(7)3-9-5;2*1-2/h2*1-6,9-11H,7-8,12H2;1-6,9,19H,7-8H2;2-3H,1H2;2*1H3. The van der Waals surface area contributed by atoms with Crippen LogP contribution in [0.4, 0.5) is 39.5 Å². The predicted molar refractivity (Wildman–Crippen MR) is 368 cm³/mol. The van der Waals surface area contributed by atoms with Crippen molar-refractivity contribution in [3.8, 4) is 50.6 Å². The number of benzene rings is 6. The van der Waals surface area contributed by atoms with Crippen LogP contribution >= 0.6 is 91.6 Å². The molecule has 522 valence electrons. The number of aromatic nitrogens is 6. The predicted octanol–water partition coefficient (Wildman–Crippen LogP) is 15.8. The molecule has 3 aliphatic heterocycles. The van der Waals surface area contributed by atoms with Crippen LogP contribution in [-0.2, 0) is 67.6 Å². The van der Waals surface area contributed by atoms with Crippen LogP contribution in [-0.4, -0.2) is 113 Å². The molecular formula is C62H52Cl4F9I2N9O9S3. The number of nitrogens with zero attached hydrogens (tertiary/aromatic N) is 8. The number of alkyl halides is 12. The lowest BCUT2D eigenvalue weighted by Gasteiger charge is -2.18. The van der Waals surface area contributed by atoms with Crippen LogP contribution < -0.4 is 18.9 Å². The second-order valence-electron chi connectivity index (χ2n) is 19.9. The molecule has 0 spiro atoms. The van der Waals surface area contributed by atoms with Crippen molar-refractivity contribution >= 4 is 122 Å². The summed E-state index contributed by atoms with van der Waals surface area (Å²) in [6.45, 7) is 0.633. The van der Waals surface area contributed by atoms with Gasteiger partial charge in [-0.2, -0.15) is 48.1 Å².